The highest BCUT2D eigenvalue weighted by atomic mass is 16.5. The van der Waals surface area contributed by atoms with Crippen molar-refractivity contribution in [2.24, 2.45) is 0 Å². The van der Waals surface area contributed by atoms with Crippen LogP contribution in [0.4, 0.5) is 4.79 Å². The summed E-state index contributed by atoms with van der Waals surface area (Å²) in [6.07, 6.45) is 5.58. The third-order valence-corrected chi connectivity index (χ3v) is 3.00. The number of hydrogen-bond donors (Lipinski definition) is 0. The van der Waals surface area contributed by atoms with Gasteiger partial charge < -0.3 is 9.64 Å². The van der Waals surface area contributed by atoms with Crippen LogP contribution in [0.3, 0.4) is 0 Å². The Labute approximate surface area is 95.0 Å². The Morgan fingerprint density at radius 3 is 2.69 bits per heavy atom. The van der Waals surface area contributed by atoms with Crippen LogP contribution in [0.5, 0.6) is 0 Å². The van der Waals surface area contributed by atoms with E-state index >= 15 is 0 Å². The second-order valence-corrected chi connectivity index (χ2v) is 4.19. The highest BCUT2D eigenvalue weighted by Gasteiger charge is 2.24. The molecule has 1 aliphatic rings. The summed E-state index contributed by atoms with van der Waals surface area (Å²) in [4.78, 5) is 13.0. The van der Waals surface area contributed by atoms with Crippen molar-refractivity contribution in [1.82, 2.24) is 14.7 Å². The van der Waals surface area contributed by atoms with Crippen LogP contribution in [0.2, 0.25) is 0 Å². The summed E-state index contributed by atoms with van der Waals surface area (Å²) in [5, 5.41) is 4.31. The van der Waals surface area contributed by atoms with Gasteiger partial charge in [-0.3, -0.25) is 4.68 Å². The quantitative estimate of drug-likeness (QED) is 0.726. The molecule has 1 fully saturated rings. The van der Waals surface area contributed by atoms with E-state index in [9.17, 15) is 4.79 Å². The molecule has 0 spiro atoms. The zero-order valence-corrected chi connectivity index (χ0v) is 9.72. The van der Waals surface area contributed by atoms with Gasteiger partial charge >= 0.3 is 6.09 Å². The molecule has 0 bridgehead atoms. The Morgan fingerprint density at radius 1 is 1.50 bits per heavy atom. The van der Waals surface area contributed by atoms with E-state index in [1.165, 1.54) is 12.7 Å². The first-order valence-electron chi connectivity index (χ1n) is 5.54. The number of methoxy groups -OCH3 is 1. The molecule has 2 rings (SSSR count). The Balaban J connectivity index is 1.92. The van der Waals surface area contributed by atoms with Crippen molar-refractivity contribution < 1.29 is 9.53 Å². The summed E-state index contributed by atoms with van der Waals surface area (Å²) in [6.45, 7) is 3.53. The number of hydrogen-bond acceptors (Lipinski definition) is 3. The van der Waals surface area contributed by atoms with Crippen LogP contribution in [0, 0.1) is 6.92 Å². The monoisotopic (exact) mass is 223 g/mol. The van der Waals surface area contributed by atoms with E-state index in [0.29, 0.717) is 6.04 Å². The highest BCUT2D eigenvalue weighted by Crippen LogP contribution is 2.22. The van der Waals surface area contributed by atoms with E-state index in [0.717, 1.165) is 25.9 Å². The molecule has 5 nitrogen and oxygen atoms in total. The number of nitrogens with zero attached hydrogens (tertiary/aromatic N) is 3. The molecular weight excluding hydrogens is 206 g/mol. The fourth-order valence-corrected chi connectivity index (χ4v) is 2.07. The van der Waals surface area contributed by atoms with Crippen LogP contribution < -0.4 is 0 Å². The topological polar surface area (TPSA) is 47.4 Å². The van der Waals surface area contributed by atoms with Crippen LogP contribution >= 0.6 is 0 Å². The number of rotatable bonds is 1. The van der Waals surface area contributed by atoms with E-state index < -0.39 is 0 Å². The lowest BCUT2D eigenvalue weighted by molar-refractivity contribution is 0.105. The fraction of sp³-hybridized carbons (Fsp3) is 0.636. The van der Waals surface area contributed by atoms with Gasteiger partial charge in [-0.15, -0.1) is 0 Å². The average Bonchev–Trinajstić information content (AvgIpc) is 2.75. The van der Waals surface area contributed by atoms with Crippen molar-refractivity contribution >= 4 is 6.09 Å². The maximum absolute atomic E-state index is 11.3. The van der Waals surface area contributed by atoms with Crippen molar-refractivity contribution in [3.05, 3.63) is 18.0 Å². The van der Waals surface area contributed by atoms with Crippen molar-refractivity contribution in [3.8, 4) is 0 Å². The maximum Gasteiger partial charge on any atom is 0.409 e. The van der Waals surface area contributed by atoms with Gasteiger partial charge in [-0.25, -0.2) is 4.79 Å². The molecule has 0 atom stereocenters. The smallest absolute Gasteiger partial charge is 0.409 e. The molecule has 0 radical (unpaired) electrons. The minimum absolute atomic E-state index is 0.227. The lowest BCUT2D eigenvalue weighted by Crippen LogP contribution is -2.39. The molecule has 1 aliphatic heterocycles. The van der Waals surface area contributed by atoms with E-state index in [1.807, 2.05) is 17.8 Å². The molecule has 16 heavy (non-hydrogen) atoms. The van der Waals surface area contributed by atoms with Crippen molar-refractivity contribution in [1.29, 1.82) is 0 Å². The molecule has 1 saturated heterocycles. The minimum atomic E-state index is -0.227. The van der Waals surface area contributed by atoms with Gasteiger partial charge in [0.15, 0.2) is 0 Å². The molecule has 0 saturated carbocycles. The average molecular weight is 223 g/mol. The van der Waals surface area contributed by atoms with E-state index in [2.05, 4.69) is 11.3 Å². The standard InChI is InChI=1S/C11H17N3O2/c1-9-7-12-14(8-9)10-3-5-13(6-4-10)11(15)16-2/h7-8,10H,3-6H2,1-2H3. The van der Waals surface area contributed by atoms with Crippen molar-refractivity contribution in [2.75, 3.05) is 20.2 Å². The number of piperidine rings is 1. The fourth-order valence-electron chi connectivity index (χ4n) is 2.07. The molecule has 5 heteroatoms. The minimum Gasteiger partial charge on any atom is -0.453 e. The van der Waals surface area contributed by atoms with Gasteiger partial charge in [-0.1, -0.05) is 0 Å². The summed E-state index contributed by atoms with van der Waals surface area (Å²) in [6, 6.07) is 0.412. The lowest BCUT2D eigenvalue weighted by atomic mass is 10.1. The van der Waals surface area contributed by atoms with Gasteiger partial charge in [0.05, 0.1) is 19.3 Å². The molecule has 1 aromatic heterocycles. The van der Waals surface area contributed by atoms with Crippen LogP contribution in [0.25, 0.3) is 0 Å². The Hall–Kier alpha value is -1.52. The molecule has 0 aromatic carbocycles. The van der Waals surface area contributed by atoms with Gasteiger partial charge in [0.25, 0.3) is 0 Å². The van der Waals surface area contributed by atoms with Gasteiger partial charge in [0.2, 0.25) is 0 Å². The summed E-state index contributed by atoms with van der Waals surface area (Å²) >= 11 is 0. The Kier molecular flexibility index (Phi) is 3.12. The predicted octanol–water partition coefficient (Wildman–Crippen LogP) is 1.59. The van der Waals surface area contributed by atoms with Crippen LogP contribution in [0.1, 0.15) is 24.4 Å². The second kappa shape index (κ2) is 4.55. The molecular formula is C11H17N3O2. The number of carbonyl (C=O) groups is 1. The Bertz CT molecular complexity index is 367. The largest absolute Gasteiger partial charge is 0.453 e. The lowest BCUT2D eigenvalue weighted by Gasteiger charge is -2.30. The van der Waals surface area contributed by atoms with Crippen LogP contribution in [0.15, 0.2) is 12.4 Å². The zero-order valence-electron chi connectivity index (χ0n) is 9.72. The van der Waals surface area contributed by atoms with Gasteiger partial charge in [0.1, 0.15) is 0 Å². The number of aromatic nitrogens is 2. The SMILES string of the molecule is COC(=O)N1CCC(n2cc(C)cn2)CC1. The number of aryl methyl sites for hydroxylation is 1. The summed E-state index contributed by atoms with van der Waals surface area (Å²) < 4.78 is 6.70. The van der Waals surface area contributed by atoms with Gasteiger partial charge in [0, 0.05) is 19.3 Å². The molecule has 88 valence electrons. The van der Waals surface area contributed by atoms with E-state index in [1.54, 1.807) is 4.90 Å². The molecule has 1 amide bonds. The van der Waals surface area contributed by atoms with Crippen molar-refractivity contribution in [3.63, 3.8) is 0 Å². The zero-order chi connectivity index (χ0) is 11.5. The number of ether oxygens (including phenoxy) is 1. The number of amides is 1. The summed E-state index contributed by atoms with van der Waals surface area (Å²) in [5.74, 6) is 0. The molecule has 2 heterocycles. The third kappa shape index (κ3) is 2.18. The van der Waals surface area contributed by atoms with Crippen LogP contribution in [-0.2, 0) is 4.74 Å². The first-order valence-corrected chi connectivity index (χ1v) is 5.54. The van der Waals surface area contributed by atoms with E-state index in [4.69, 9.17) is 4.74 Å². The van der Waals surface area contributed by atoms with E-state index in [-0.39, 0.29) is 6.09 Å². The summed E-state index contributed by atoms with van der Waals surface area (Å²) in [7, 11) is 1.42. The number of likely N-dealkylation sites (tertiary alicyclic amines) is 1. The van der Waals surface area contributed by atoms with Gasteiger partial charge in [-0.2, -0.15) is 5.10 Å². The van der Waals surface area contributed by atoms with Crippen LogP contribution in [-0.4, -0.2) is 41.0 Å². The number of carbonyl (C=O) groups excluding carboxylic acids is 1. The van der Waals surface area contributed by atoms with Crippen molar-refractivity contribution in [2.45, 2.75) is 25.8 Å². The predicted molar refractivity (Wildman–Crippen MR) is 59.2 cm³/mol. The summed E-state index contributed by atoms with van der Waals surface area (Å²) in [5.41, 5.74) is 1.18. The first kappa shape index (κ1) is 11.0. The highest BCUT2D eigenvalue weighted by molar-refractivity contribution is 5.67. The normalized spacial score (nSPS) is 17.5. The first-order chi connectivity index (χ1) is 7.70. The Morgan fingerprint density at radius 2 is 2.19 bits per heavy atom. The van der Waals surface area contributed by atoms with Gasteiger partial charge in [-0.05, 0) is 25.3 Å². The third-order valence-electron chi connectivity index (χ3n) is 3.00. The molecule has 0 N–H and O–H groups in total. The molecule has 0 aliphatic carbocycles. The maximum atomic E-state index is 11.3. The molecule has 1 aromatic rings. The second-order valence-electron chi connectivity index (χ2n) is 4.19. The molecule has 0 unspecified atom stereocenters.